The van der Waals surface area contributed by atoms with Crippen LogP contribution in [0, 0.1) is 17.8 Å². The van der Waals surface area contributed by atoms with Crippen LogP contribution in [0.5, 0.6) is 0 Å². The molecule has 0 saturated heterocycles. The number of phosphoric ester groups is 1. The number of ketones is 3. The van der Waals surface area contributed by atoms with Crippen LogP contribution >= 0.6 is 20.5 Å². The van der Waals surface area contributed by atoms with Crippen LogP contribution in [0.2, 0.25) is 0 Å². The number of primary amides is 1. The molecule has 0 saturated carbocycles. The number of amides is 5. The van der Waals surface area contributed by atoms with Gasteiger partial charge in [-0.25, -0.2) is 9.55 Å². The number of imide groups is 1. The number of aliphatic hydroxyl groups is 1. The summed E-state index contributed by atoms with van der Waals surface area (Å²) in [5.74, 6) is -8.58. The second kappa shape index (κ2) is 27.8. The number of hydrogen-bond donors (Lipinski definition) is 9. The molecule has 340 valence electrons. The summed E-state index contributed by atoms with van der Waals surface area (Å²) in [5.41, 5.74) is 11.4. The number of aromatic amines is 1. The summed E-state index contributed by atoms with van der Waals surface area (Å²) in [4.78, 5) is 129. The lowest BCUT2D eigenvalue weighted by atomic mass is 9.89. The molecule has 0 bridgehead atoms. The highest BCUT2D eigenvalue weighted by molar-refractivity contribution is 7.80. The molecule has 1 rings (SSSR count). The van der Waals surface area contributed by atoms with E-state index in [0.717, 1.165) is 13.8 Å². The third-order valence-electron chi connectivity index (χ3n) is 8.95. The Kier molecular flexibility index (Phi) is 25.1. The van der Waals surface area contributed by atoms with Gasteiger partial charge in [0.1, 0.15) is 18.4 Å². The number of hydrogen-bond acceptors (Lipinski definition) is 16. The molecule has 0 fully saturated rings. The molecule has 0 aliphatic heterocycles. The van der Waals surface area contributed by atoms with Crippen molar-refractivity contribution in [3.8, 4) is 0 Å². The summed E-state index contributed by atoms with van der Waals surface area (Å²) < 4.78 is 26.6. The number of nitrogens with zero attached hydrogens (tertiary/aromatic N) is 2. The van der Waals surface area contributed by atoms with Gasteiger partial charge in [-0.1, -0.05) is 13.8 Å². The molecule has 0 unspecified atom stereocenters. The Hall–Kier alpha value is -3.93. The van der Waals surface area contributed by atoms with Crippen LogP contribution in [0.4, 0.5) is 0 Å². The van der Waals surface area contributed by atoms with Gasteiger partial charge >= 0.3 is 7.82 Å². The predicted molar refractivity (Wildman–Crippen MR) is 215 cm³/mol. The number of phosphoric acid groups is 1. The van der Waals surface area contributed by atoms with Crippen LogP contribution < -0.4 is 22.1 Å². The van der Waals surface area contributed by atoms with Crippen molar-refractivity contribution >= 4 is 67.3 Å². The zero-order valence-electron chi connectivity index (χ0n) is 34.3. The van der Waals surface area contributed by atoms with Gasteiger partial charge in [-0.15, -0.1) is 0 Å². The van der Waals surface area contributed by atoms with E-state index in [1.807, 2.05) is 0 Å². The average molecular weight is 894 g/mol. The minimum absolute atomic E-state index is 0.0876. The summed E-state index contributed by atoms with van der Waals surface area (Å²) in [7, 11) is -5.08. The molecule has 1 aromatic heterocycles. The second-order valence-corrected chi connectivity index (χ2v) is 16.0. The SMILES string of the molecule is CC(=O)N(CC(=O)N[C@@H](CC(C)C)C(=O)C[C@@H](Cc1cnc[nH]1)C(=O)N[C@@H](CO)C(=O)C[C@H](C(N)=O)[C@@H](C)OP(=O)(O)O)C(=O)CCOCCOCCCC(=O)[C@@H](N)CS. The van der Waals surface area contributed by atoms with E-state index in [1.165, 1.54) is 12.5 Å². The Morgan fingerprint density at radius 2 is 1.57 bits per heavy atom. The van der Waals surface area contributed by atoms with Gasteiger partial charge in [0.05, 0.1) is 69.2 Å². The summed E-state index contributed by atoms with van der Waals surface area (Å²) >= 11 is 3.99. The molecule has 0 aromatic carbocycles. The van der Waals surface area contributed by atoms with E-state index in [4.69, 9.17) is 30.7 Å². The van der Waals surface area contributed by atoms with Gasteiger partial charge in [-0.05, 0) is 25.7 Å². The molecule has 24 heteroatoms. The van der Waals surface area contributed by atoms with Gasteiger partial charge < -0.3 is 51.5 Å². The van der Waals surface area contributed by atoms with Crippen LogP contribution in [0.15, 0.2) is 12.5 Å². The van der Waals surface area contributed by atoms with Crippen LogP contribution in [-0.2, 0) is 63.3 Å². The molecule has 5 amide bonds. The Labute approximate surface area is 353 Å². The largest absolute Gasteiger partial charge is 0.469 e. The van der Waals surface area contributed by atoms with Crippen molar-refractivity contribution in [3.05, 3.63) is 18.2 Å². The minimum Gasteiger partial charge on any atom is -0.394 e. The fourth-order valence-electron chi connectivity index (χ4n) is 5.72. The second-order valence-electron chi connectivity index (χ2n) is 14.5. The molecule has 10 N–H and O–H groups in total. The molecule has 60 heavy (non-hydrogen) atoms. The molecule has 6 atom stereocenters. The zero-order valence-corrected chi connectivity index (χ0v) is 36.1. The molecule has 0 radical (unpaired) electrons. The van der Waals surface area contributed by atoms with E-state index in [0.29, 0.717) is 23.6 Å². The van der Waals surface area contributed by atoms with Crippen molar-refractivity contribution in [2.24, 2.45) is 29.2 Å². The lowest BCUT2D eigenvalue weighted by Gasteiger charge is -2.26. The topological polar surface area (TPSA) is 350 Å². The number of Topliss-reactive ketones (excluding diaryl/α,β-unsaturated/α-hetero) is 3. The van der Waals surface area contributed by atoms with Gasteiger partial charge in [0.25, 0.3) is 0 Å². The van der Waals surface area contributed by atoms with Gasteiger partial charge in [-0.3, -0.25) is 47.8 Å². The fraction of sp³-hybridized carbons (Fsp3) is 0.694. The molecule has 0 spiro atoms. The third-order valence-corrected chi connectivity index (χ3v) is 9.95. The monoisotopic (exact) mass is 893 g/mol. The summed E-state index contributed by atoms with van der Waals surface area (Å²) in [6, 6.07) is -3.43. The first-order chi connectivity index (χ1) is 28.1. The van der Waals surface area contributed by atoms with Crippen LogP contribution in [0.1, 0.15) is 71.9 Å². The highest BCUT2D eigenvalue weighted by Crippen LogP contribution is 2.39. The minimum atomic E-state index is -5.08. The number of carbonyl (C=O) groups is 8. The Bertz CT molecular complexity index is 1630. The van der Waals surface area contributed by atoms with Crippen LogP contribution in [-0.4, -0.2) is 146 Å². The lowest BCUT2D eigenvalue weighted by Crippen LogP contribution is -2.50. The van der Waals surface area contributed by atoms with E-state index in [-0.39, 0.29) is 63.0 Å². The number of nitrogens with two attached hydrogens (primary N) is 2. The third kappa shape index (κ3) is 21.5. The average Bonchev–Trinajstić information content (AvgIpc) is 3.68. The van der Waals surface area contributed by atoms with E-state index in [9.17, 15) is 48.0 Å². The number of ether oxygens (including phenoxy) is 2. The first-order valence-corrected chi connectivity index (χ1v) is 21.4. The van der Waals surface area contributed by atoms with E-state index < -0.39 is 111 Å². The van der Waals surface area contributed by atoms with Crippen molar-refractivity contribution in [2.75, 3.05) is 45.3 Å². The highest BCUT2D eigenvalue weighted by atomic mass is 32.1. The number of imidazole rings is 1. The number of aliphatic hydroxyl groups excluding tert-OH is 1. The van der Waals surface area contributed by atoms with Crippen molar-refractivity contribution < 1.29 is 71.8 Å². The number of thiol groups is 1. The smallest absolute Gasteiger partial charge is 0.394 e. The summed E-state index contributed by atoms with van der Waals surface area (Å²) in [5, 5.41) is 14.9. The van der Waals surface area contributed by atoms with Gasteiger partial charge in [0, 0.05) is 56.9 Å². The van der Waals surface area contributed by atoms with Crippen molar-refractivity contribution in [3.63, 3.8) is 0 Å². The van der Waals surface area contributed by atoms with Crippen molar-refractivity contribution in [2.45, 2.75) is 96.9 Å². The van der Waals surface area contributed by atoms with Gasteiger partial charge in [-0.2, -0.15) is 12.6 Å². The molecular formula is C36H60N7O15PS. The van der Waals surface area contributed by atoms with E-state index in [2.05, 4.69) is 37.8 Å². The number of aromatic nitrogens is 2. The molecule has 22 nitrogen and oxygen atoms in total. The first-order valence-electron chi connectivity index (χ1n) is 19.2. The number of carbonyl (C=O) groups excluding carboxylic acids is 8. The fourth-order valence-corrected chi connectivity index (χ4v) is 6.51. The number of rotatable bonds is 32. The molecule has 1 aromatic rings. The van der Waals surface area contributed by atoms with Gasteiger partial charge in [0.15, 0.2) is 11.6 Å². The van der Waals surface area contributed by atoms with Crippen LogP contribution in [0.3, 0.4) is 0 Å². The van der Waals surface area contributed by atoms with E-state index in [1.54, 1.807) is 13.8 Å². The Morgan fingerprint density at radius 3 is 2.10 bits per heavy atom. The van der Waals surface area contributed by atoms with Crippen LogP contribution in [0.25, 0.3) is 0 Å². The number of nitrogens with one attached hydrogen (secondary N) is 3. The first kappa shape index (κ1) is 54.1. The summed E-state index contributed by atoms with van der Waals surface area (Å²) in [6.07, 6.45) is 0.418. The maximum Gasteiger partial charge on any atom is 0.469 e. The maximum absolute atomic E-state index is 13.8. The van der Waals surface area contributed by atoms with Crippen molar-refractivity contribution in [1.29, 1.82) is 0 Å². The Morgan fingerprint density at radius 1 is 0.933 bits per heavy atom. The molecule has 0 aliphatic rings. The number of H-pyrrole nitrogens is 1. The standard InChI is InChI=1S/C36H60N7O15PS/c1-21(2)12-28(41-33(49)17-43(23(4)45)34(50)7-9-57-11-10-56-8-5-6-30(46)27(37)19-60)31(47)14-24(13-25-16-39-20-40-25)36(52)42-29(18-44)32(48)15-26(35(38)51)22(3)58-59(53,54)55/h16,20-22,24,26-29,44,60H,5-15,17-19,37H2,1-4H3,(H2,38,51)(H,39,40)(H,41,49)(H,42,52)(H2,53,54,55)/t22-,24-,26+,27+,28+,29+/m1/s1. The summed E-state index contributed by atoms with van der Waals surface area (Å²) in [6.45, 7) is 4.62. The normalized spacial score (nSPS) is 14.6. The molecule has 1 heterocycles. The van der Waals surface area contributed by atoms with E-state index >= 15 is 0 Å². The quantitative estimate of drug-likeness (QED) is 0.0226. The zero-order chi connectivity index (χ0) is 45.6. The highest BCUT2D eigenvalue weighted by Gasteiger charge is 2.36. The predicted octanol–water partition coefficient (Wildman–Crippen LogP) is -1.50. The Balaban J connectivity index is 2.95. The van der Waals surface area contributed by atoms with Crippen molar-refractivity contribution in [1.82, 2.24) is 25.5 Å². The van der Waals surface area contributed by atoms with Gasteiger partial charge in [0.2, 0.25) is 29.5 Å². The molecular weight excluding hydrogens is 833 g/mol. The maximum atomic E-state index is 13.8. The molecule has 0 aliphatic carbocycles. The lowest BCUT2D eigenvalue weighted by molar-refractivity contribution is -0.147.